The van der Waals surface area contributed by atoms with E-state index in [-0.39, 0.29) is 0 Å². The molecule has 0 saturated carbocycles. The highest BCUT2D eigenvalue weighted by atomic mass is 14.3. The summed E-state index contributed by atoms with van der Waals surface area (Å²) < 4.78 is 0. The Hall–Kier alpha value is -0.260. The number of rotatable bonds is 10. The number of allylic oxidation sites excluding steroid dienone is 2. The molecule has 1 rings (SSSR count). The Balaban J connectivity index is 1.86. The van der Waals surface area contributed by atoms with Crippen molar-refractivity contribution in [3.63, 3.8) is 0 Å². The van der Waals surface area contributed by atoms with Crippen molar-refractivity contribution in [2.45, 2.75) is 79.1 Å². The molecule has 100 valence electrons. The van der Waals surface area contributed by atoms with Crippen LogP contribution in [0.5, 0.6) is 0 Å². The van der Waals surface area contributed by atoms with Crippen molar-refractivity contribution in [1.82, 2.24) is 0 Å². The highest BCUT2D eigenvalue weighted by Crippen LogP contribution is 2.37. The highest BCUT2D eigenvalue weighted by molar-refractivity contribution is 5.28. The molecule has 0 spiro atoms. The smallest absolute Gasteiger partial charge is 0.00202 e. The van der Waals surface area contributed by atoms with Crippen LogP contribution < -0.4 is 0 Å². The normalized spacial score (nSPS) is 18.9. The largest absolute Gasteiger partial charge is 0.0775 e. The van der Waals surface area contributed by atoms with Gasteiger partial charge in [-0.1, -0.05) is 71.4 Å². The lowest BCUT2D eigenvalue weighted by Gasteiger charge is -2.05. The monoisotopic (exact) mass is 236 g/mol. The minimum Gasteiger partial charge on any atom is -0.0775 e. The molecule has 0 radical (unpaired) electrons. The first-order valence-electron chi connectivity index (χ1n) is 7.80. The van der Waals surface area contributed by atoms with Gasteiger partial charge in [0.25, 0.3) is 0 Å². The van der Waals surface area contributed by atoms with Gasteiger partial charge in [-0.25, -0.2) is 0 Å². The molecule has 0 aromatic heterocycles. The summed E-state index contributed by atoms with van der Waals surface area (Å²) in [5.74, 6) is 2.69. The van der Waals surface area contributed by atoms with E-state index < -0.39 is 0 Å². The topological polar surface area (TPSA) is 0 Å². The lowest BCUT2D eigenvalue weighted by atomic mass is 10.0. The van der Waals surface area contributed by atoms with Gasteiger partial charge in [-0.15, -0.1) is 0 Å². The maximum atomic E-state index is 2.52. The molecule has 0 N–H and O–H groups in total. The molecule has 1 unspecified atom stereocenters. The summed E-state index contributed by atoms with van der Waals surface area (Å²) in [6, 6.07) is 0. The van der Waals surface area contributed by atoms with Crippen molar-refractivity contribution < 1.29 is 0 Å². The van der Waals surface area contributed by atoms with Gasteiger partial charge in [0.05, 0.1) is 0 Å². The molecule has 17 heavy (non-hydrogen) atoms. The average Bonchev–Trinajstić information content (AvgIpc) is 2.98. The molecular formula is C17H32. The van der Waals surface area contributed by atoms with Gasteiger partial charge < -0.3 is 0 Å². The quantitative estimate of drug-likeness (QED) is 0.323. The SMILES string of the molecule is CC(C)CCCCC1=CC1CCCCC(C)C. The molecule has 0 aliphatic heterocycles. The van der Waals surface area contributed by atoms with Crippen molar-refractivity contribution in [2.75, 3.05) is 0 Å². The zero-order valence-electron chi connectivity index (χ0n) is 12.5. The Morgan fingerprint density at radius 2 is 1.47 bits per heavy atom. The van der Waals surface area contributed by atoms with Crippen molar-refractivity contribution in [2.24, 2.45) is 17.8 Å². The maximum Gasteiger partial charge on any atom is -0.00202 e. The Kier molecular flexibility index (Phi) is 6.92. The van der Waals surface area contributed by atoms with Gasteiger partial charge >= 0.3 is 0 Å². The Morgan fingerprint density at radius 1 is 0.882 bits per heavy atom. The van der Waals surface area contributed by atoms with E-state index in [1.165, 1.54) is 51.4 Å². The summed E-state index contributed by atoms with van der Waals surface area (Å²) in [5.41, 5.74) is 1.78. The minimum absolute atomic E-state index is 0.884. The fraction of sp³-hybridized carbons (Fsp3) is 0.882. The van der Waals surface area contributed by atoms with Crippen LogP contribution in [-0.4, -0.2) is 0 Å². The van der Waals surface area contributed by atoms with Crippen LogP contribution in [0.4, 0.5) is 0 Å². The van der Waals surface area contributed by atoms with E-state index in [1.54, 1.807) is 5.57 Å². The molecule has 0 nitrogen and oxygen atoms in total. The zero-order valence-corrected chi connectivity index (χ0v) is 12.5. The fourth-order valence-corrected chi connectivity index (χ4v) is 2.55. The number of hydrogen-bond acceptors (Lipinski definition) is 0. The second-order valence-electron chi connectivity index (χ2n) is 6.67. The van der Waals surface area contributed by atoms with E-state index >= 15 is 0 Å². The van der Waals surface area contributed by atoms with Gasteiger partial charge in [-0.2, -0.15) is 0 Å². The summed E-state index contributed by atoms with van der Waals surface area (Å²) in [6.45, 7) is 9.31. The molecule has 1 aliphatic rings. The first-order chi connectivity index (χ1) is 8.09. The molecular weight excluding hydrogens is 204 g/mol. The van der Waals surface area contributed by atoms with Crippen molar-refractivity contribution >= 4 is 0 Å². The van der Waals surface area contributed by atoms with E-state index in [4.69, 9.17) is 0 Å². The Morgan fingerprint density at radius 3 is 2.06 bits per heavy atom. The second-order valence-corrected chi connectivity index (χ2v) is 6.67. The predicted octanol–water partition coefficient (Wildman–Crippen LogP) is 5.98. The van der Waals surface area contributed by atoms with Crippen LogP contribution in [0.1, 0.15) is 79.1 Å². The van der Waals surface area contributed by atoms with Gasteiger partial charge in [-0.3, -0.25) is 0 Å². The molecule has 1 aliphatic carbocycles. The van der Waals surface area contributed by atoms with E-state index in [0.29, 0.717) is 0 Å². The lowest BCUT2D eigenvalue weighted by molar-refractivity contribution is 0.513. The van der Waals surface area contributed by atoms with Crippen LogP contribution in [0.3, 0.4) is 0 Å². The van der Waals surface area contributed by atoms with Gasteiger partial charge in [0.1, 0.15) is 0 Å². The first-order valence-corrected chi connectivity index (χ1v) is 7.80. The molecule has 1 atom stereocenters. The van der Waals surface area contributed by atoms with Gasteiger partial charge in [0.2, 0.25) is 0 Å². The minimum atomic E-state index is 0.884. The van der Waals surface area contributed by atoms with E-state index in [9.17, 15) is 0 Å². The van der Waals surface area contributed by atoms with Crippen molar-refractivity contribution in [3.8, 4) is 0 Å². The van der Waals surface area contributed by atoms with E-state index in [0.717, 1.165) is 17.8 Å². The summed E-state index contributed by atoms with van der Waals surface area (Å²) in [7, 11) is 0. The van der Waals surface area contributed by atoms with Gasteiger partial charge in [0.15, 0.2) is 0 Å². The van der Waals surface area contributed by atoms with Gasteiger partial charge in [-0.05, 0) is 37.0 Å². The lowest BCUT2D eigenvalue weighted by Crippen LogP contribution is -1.90. The molecule has 0 heteroatoms. The average molecular weight is 236 g/mol. The second kappa shape index (κ2) is 7.95. The van der Waals surface area contributed by atoms with Crippen LogP contribution in [0.15, 0.2) is 11.6 Å². The van der Waals surface area contributed by atoms with Crippen LogP contribution in [0, 0.1) is 17.8 Å². The Bertz CT molecular complexity index is 222. The standard InChI is InChI=1S/C17H32/c1-14(2)9-5-7-11-16-13-17(16)12-8-6-10-15(3)4/h13-16H,5-12H2,1-4H3. The van der Waals surface area contributed by atoms with Crippen LogP contribution in [-0.2, 0) is 0 Å². The zero-order chi connectivity index (χ0) is 12.7. The molecule has 0 fully saturated rings. The van der Waals surface area contributed by atoms with Crippen molar-refractivity contribution in [3.05, 3.63) is 11.6 Å². The third kappa shape index (κ3) is 7.63. The first kappa shape index (κ1) is 14.8. The van der Waals surface area contributed by atoms with Crippen molar-refractivity contribution in [1.29, 1.82) is 0 Å². The van der Waals surface area contributed by atoms with Crippen LogP contribution >= 0.6 is 0 Å². The van der Waals surface area contributed by atoms with Crippen LogP contribution in [0.25, 0.3) is 0 Å². The Labute approximate surface area is 109 Å². The summed E-state index contributed by atoms with van der Waals surface area (Å²) in [5, 5.41) is 0. The fourth-order valence-electron chi connectivity index (χ4n) is 2.55. The third-order valence-corrected chi connectivity index (χ3v) is 3.83. The molecule has 0 bridgehead atoms. The molecule has 0 aromatic rings. The van der Waals surface area contributed by atoms with E-state index in [2.05, 4.69) is 33.8 Å². The maximum absolute atomic E-state index is 2.52. The van der Waals surface area contributed by atoms with Gasteiger partial charge in [0, 0.05) is 0 Å². The van der Waals surface area contributed by atoms with Crippen LogP contribution in [0.2, 0.25) is 0 Å². The summed E-state index contributed by atoms with van der Waals surface area (Å²) in [4.78, 5) is 0. The molecule has 0 aromatic carbocycles. The third-order valence-electron chi connectivity index (χ3n) is 3.83. The molecule has 0 heterocycles. The summed E-state index contributed by atoms with van der Waals surface area (Å²) in [6.07, 6.45) is 13.9. The van der Waals surface area contributed by atoms with E-state index in [1.807, 2.05) is 0 Å². The summed E-state index contributed by atoms with van der Waals surface area (Å²) >= 11 is 0. The molecule has 0 saturated heterocycles. The molecule has 0 amide bonds. The predicted molar refractivity (Wildman–Crippen MR) is 78.2 cm³/mol. The number of unbranched alkanes of at least 4 members (excludes halogenated alkanes) is 2. The highest BCUT2D eigenvalue weighted by Gasteiger charge is 2.22. The number of hydrogen-bond donors (Lipinski definition) is 0.